The zero-order valence-corrected chi connectivity index (χ0v) is 13.6. The van der Waals surface area contributed by atoms with Gasteiger partial charge in [0.1, 0.15) is 4.88 Å². The Bertz CT molecular complexity index is 682. The van der Waals surface area contributed by atoms with Gasteiger partial charge in [0.2, 0.25) is 0 Å². The van der Waals surface area contributed by atoms with Crippen LogP contribution in [-0.2, 0) is 0 Å². The standard InChI is InChI=1S/C16H19ClN2OS/c1-10-5-3-2-4-8-19(10)16(20)15-14(18)12-9-11(17)6-7-13(12)21-15/h6-7,9-10H,2-5,8,18H2,1H3. The minimum absolute atomic E-state index is 0.0687. The largest absolute Gasteiger partial charge is 0.397 e. The summed E-state index contributed by atoms with van der Waals surface area (Å²) in [5, 5.41) is 1.53. The Morgan fingerprint density at radius 1 is 1.38 bits per heavy atom. The summed E-state index contributed by atoms with van der Waals surface area (Å²) >= 11 is 7.49. The highest BCUT2D eigenvalue weighted by molar-refractivity contribution is 7.21. The summed E-state index contributed by atoms with van der Waals surface area (Å²) in [4.78, 5) is 15.5. The maximum atomic E-state index is 12.9. The number of nitrogen functional groups attached to an aromatic ring is 1. The quantitative estimate of drug-likeness (QED) is 0.837. The first-order valence-corrected chi connectivity index (χ1v) is 8.56. The van der Waals surface area contributed by atoms with Crippen LogP contribution in [0, 0.1) is 0 Å². The van der Waals surface area contributed by atoms with Crippen molar-refractivity contribution in [1.82, 2.24) is 4.90 Å². The van der Waals surface area contributed by atoms with Gasteiger partial charge in [0.25, 0.3) is 5.91 Å². The van der Waals surface area contributed by atoms with Gasteiger partial charge in [0.15, 0.2) is 0 Å². The van der Waals surface area contributed by atoms with Crippen LogP contribution in [-0.4, -0.2) is 23.4 Å². The van der Waals surface area contributed by atoms with E-state index in [-0.39, 0.29) is 11.9 Å². The summed E-state index contributed by atoms with van der Waals surface area (Å²) in [6, 6.07) is 5.89. The van der Waals surface area contributed by atoms with Crippen LogP contribution in [0.2, 0.25) is 5.02 Å². The van der Waals surface area contributed by atoms with Crippen molar-refractivity contribution in [1.29, 1.82) is 0 Å². The summed E-state index contributed by atoms with van der Waals surface area (Å²) in [5.74, 6) is 0.0687. The Morgan fingerprint density at radius 3 is 3.00 bits per heavy atom. The minimum atomic E-state index is 0.0687. The molecular formula is C16H19ClN2OS. The molecule has 1 aliphatic heterocycles. The number of likely N-dealkylation sites (tertiary alicyclic amines) is 1. The monoisotopic (exact) mass is 322 g/mol. The van der Waals surface area contributed by atoms with Crippen LogP contribution in [0.1, 0.15) is 42.3 Å². The normalized spacial score (nSPS) is 19.7. The van der Waals surface area contributed by atoms with Crippen molar-refractivity contribution in [2.75, 3.05) is 12.3 Å². The molecule has 0 radical (unpaired) electrons. The van der Waals surface area contributed by atoms with E-state index in [1.54, 1.807) is 0 Å². The fraction of sp³-hybridized carbons (Fsp3) is 0.438. The molecule has 3 rings (SSSR count). The number of nitrogens with two attached hydrogens (primary N) is 1. The predicted molar refractivity (Wildman–Crippen MR) is 90.2 cm³/mol. The topological polar surface area (TPSA) is 46.3 Å². The van der Waals surface area contributed by atoms with Gasteiger partial charge in [-0.05, 0) is 38.0 Å². The fourth-order valence-electron chi connectivity index (χ4n) is 2.95. The van der Waals surface area contributed by atoms with Gasteiger partial charge in [-0.25, -0.2) is 0 Å². The molecule has 1 fully saturated rings. The molecule has 112 valence electrons. The Kier molecular flexibility index (Phi) is 4.09. The van der Waals surface area contributed by atoms with E-state index in [0.717, 1.165) is 29.5 Å². The first-order valence-electron chi connectivity index (χ1n) is 7.36. The lowest BCUT2D eigenvalue weighted by atomic mass is 10.1. The van der Waals surface area contributed by atoms with Crippen LogP contribution in [0.25, 0.3) is 10.1 Å². The van der Waals surface area contributed by atoms with E-state index in [4.69, 9.17) is 17.3 Å². The van der Waals surface area contributed by atoms with Crippen LogP contribution < -0.4 is 5.73 Å². The van der Waals surface area contributed by atoms with Crippen molar-refractivity contribution in [3.63, 3.8) is 0 Å². The Labute approximate surface area is 133 Å². The van der Waals surface area contributed by atoms with Crippen molar-refractivity contribution in [2.24, 2.45) is 0 Å². The number of hydrogen-bond acceptors (Lipinski definition) is 3. The zero-order valence-electron chi connectivity index (χ0n) is 12.1. The second kappa shape index (κ2) is 5.85. The fourth-order valence-corrected chi connectivity index (χ4v) is 4.19. The molecule has 2 aromatic rings. The number of carbonyl (C=O) groups is 1. The smallest absolute Gasteiger partial charge is 0.266 e. The maximum absolute atomic E-state index is 12.9. The lowest BCUT2D eigenvalue weighted by molar-refractivity contribution is 0.0704. The highest BCUT2D eigenvalue weighted by atomic mass is 35.5. The van der Waals surface area contributed by atoms with E-state index >= 15 is 0 Å². The third-order valence-electron chi connectivity index (χ3n) is 4.20. The third kappa shape index (κ3) is 2.74. The molecule has 2 N–H and O–H groups in total. The number of anilines is 1. The van der Waals surface area contributed by atoms with Gasteiger partial charge in [-0.3, -0.25) is 4.79 Å². The van der Waals surface area contributed by atoms with Gasteiger partial charge in [-0.15, -0.1) is 11.3 Å². The lowest BCUT2D eigenvalue weighted by Crippen LogP contribution is -2.38. The number of fused-ring (bicyclic) bond motifs is 1. The van der Waals surface area contributed by atoms with Gasteiger partial charge in [0, 0.05) is 27.7 Å². The first-order chi connectivity index (χ1) is 10.1. The molecular weight excluding hydrogens is 304 g/mol. The van der Waals surface area contributed by atoms with Gasteiger partial charge in [-0.2, -0.15) is 0 Å². The Balaban J connectivity index is 1.99. The maximum Gasteiger partial charge on any atom is 0.266 e. The van der Waals surface area contributed by atoms with Crippen molar-refractivity contribution in [3.05, 3.63) is 28.1 Å². The van der Waals surface area contributed by atoms with Crippen molar-refractivity contribution >= 4 is 44.6 Å². The number of amides is 1. The van der Waals surface area contributed by atoms with Crippen molar-refractivity contribution in [2.45, 2.75) is 38.6 Å². The number of nitrogens with zero attached hydrogens (tertiary/aromatic N) is 1. The Morgan fingerprint density at radius 2 is 2.19 bits per heavy atom. The van der Waals surface area contributed by atoms with Gasteiger partial charge < -0.3 is 10.6 Å². The SMILES string of the molecule is CC1CCCCCN1C(=O)c1sc2ccc(Cl)cc2c1N. The van der Waals surface area contributed by atoms with Crippen LogP contribution in [0.15, 0.2) is 18.2 Å². The van der Waals surface area contributed by atoms with Crippen LogP contribution in [0.4, 0.5) is 5.69 Å². The Hall–Kier alpha value is -1.26. The molecule has 1 atom stereocenters. The zero-order chi connectivity index (χ0) is 15.0. The van der Waals surface area contributed by atoms with Crippen LogP contribution in [0.5, 0.6) is 0 Å². The number of halogens is 1. The van der Waals surface area contributed by atoms with Gasteiger partial charge >= 0.3 is 0 Å². The van der Waals surface area contributed by atoms with E-state index in [1.807, 2.05) is 23.1 Å². The van der Waals surface area contributed by atoms with E-state index in [2.05, 4.69) is 6.92 Å². The highest BCUT2D eigenvalue weighted by Crippen LogP contribution is 2.36. The average molecular weight is 323 g/mol. The lowest BCUT2D eigenvalue weighted by Gasteiger charge is -2.26. The molecule has 1 amide bonds. The van der Waals surface area contributed by atoms with Crippen molar-refractivity contribution < 1.29 is 4.79 Å². The summed E-state index contributed by atoms with van der Waals surface area (Å²) in [7, 11) is 0. The second-order valence-corrected chi connectivity index (χ2v) is 7.17. The average Bonchev–Trinajstić information content (AvgIpc) is 2.64. The number of thiophene rings is 1. The van der Waals surface area contributed by atoms with Crippen molar-refractivity contribution in [3.8, 4) is 0 Å². The van der Waals surface area contributed by atoms with Gasteiger partial charge in [-0.1, -0.05) is 24.4 Å². The molecule has 1 saturated heterocycles. The molecule has 0 bridgehead atoms. The number of hydrogen-bond donors (Lipinski definition) is 1. The third-order valence-corrected chi connectivity index (χ3v) is 5.61. The molecule has 0 spiro atoms. The molecule has 21 heavy (non-hydrogen) atoms. The van der Waals surface area contributed by atoms with Crippen LogP contribution >= 0.6 is 22.9 Å². The number of carbonyl (C=O) groups excluding carboxylic acids is 1. The molecule has 0 saturated carbocycles. The molecule has 1 aromatic carbocycles. The summed E-state index contributed by atoms with van der Waals surface area (Å²) in [6.07, 6.45) is 4.54. The summed E-state index contributed by atoms with van der Waals surface area (Å²) in [6.45, 7) is 2.96. The number of rotatable bonds is 1. The predicted octanol–water partition coefficient (Wildman–Crippen LogP) is 4.54. The van der Waals surface area contributed by atoms with Crippen LogP contribution in [0.3, 0.4) is 0 Å². The van der Waals surface area contributed by atoms with E-state index in [1.165, 1.54) is 24.2 Å². The minimum Gasteiger partial charge on any atom is -0.397 e. The molecule has 5 heteroatoms. The molecule has 1 aliphatic rings. The van der Waals surface area contributed by atoms with E-state index < -0.39 is 0 Å². The molecule has 0 aliphatic carbocycles. The van der Waals surface area contributed by atoms with E-state index in [0.29, 0.717) is 15.6 Å². The summed E-state index contributed by atoms with van der Waals surface area (Å²) < 4.78 is 1.02. The molecule has 1 aromatic heterocycles. The van der Waals surface area contributed by atoms with E-state index in [9.17, 15) is 4.79 Å². The molecule has 2 heterocycles. The number of benzene rings is 1. The first kappa shape index (κ1) is 14.7. The second-order valence-electron chi connectivity index (χ2n) is 5.68. The molecule has 1 unspecified atom stereocenters. The summed E-state index contributed by atoms with van der Waals surface area (Å²) in [5.41, 5.74) is 6.77. The van der Waals surface area contributed by atoms with Gasteiger partial charge in [0.05, 0.1) is 5.69 Å². The molecule has 3 nitrogen and oxygen atoms in total. The highest BCUT2D eigenvalue weighted by Gasteiger charge is 2.26.